The normalized spacial score (nSPS) is 11.0. The number of anilines is 3. The van der Waals surface area contributed by atoms with Crippen molar-refractivity contribution in [3.8, 4) is 50.6 Å². The van der Waals surface area contributed by atoms with Crippen molar-refractivity contribution in [2.75, 3.05) is 4.90 Å². The van der Waals surface area contributed by atoms with E-state index in [1.807, 2.05) is 12.1 Å². The third-order valence-corrected chi connectivity index (χ3v) is 10.1. The van der Waals surface area contributed by atoms with E-state index >= 15 is 0 Å². The van der Waals surface area contributed by atoms with E-state index in [4.69, 9.17) is 0 Å². The summed E-state index contributed by atoms with van der Waals surface area (Å²) in [6.45, 7) is 0. The molecule has 0 spiro atoms. The molecule has 53 heavy (non-hydrogen) atoms. The smallest absolute Gasteiger partial charge is 0.0991 e. The van der Waals surface area contributed by atoms with Crippen LogP contribution in [0.2, 0.25) is 0 Å². The van der Waals surface area contributed by atoms with Crippen molar-refractivity contribution in [2.45, 2.75) is 0 Å². The van der Waals surface area contributed by atoms with Gasteiger partial charge in [-0.05, 0) is 115 Å². The van der Waals surface area contributed by atoms with Gasteiger partial charge in [-0.25, -0.2) is 0 Å². The monoisotopic (exact) mass is 674 g/mol. The number of nitrogens with zero attached hydrogens (tertiary/aromatic N) is 2. The Kier molecular flexibility index (Phi) is 8.29. The molecule has 0 radical (unpaired) electrons. The van der Waals surface area contributed by atoms with Crippen LogP contribution in [0.25, 0.3) is 66.1 Å². The van der Waals surface area contributed by atoms with Crippen LogP contribution in [0, 0.1) is 11.3 Å². The first-order chi connectivity index (χ1) is 26.2. The molecule has 248 valence electrons. The third kappa shape index (κ3) is 6.01. The van der Waals surface area contributed by atoms with E-state index in [2.05, 4.69) is 205 Å². The van der Waals surface area contributed by atoms with E-state index in [0.29, 0.717) is 5.56 Å². The molecule has 2 nitrogen and oxygen atoms in total. The number of hydrogen-bond donors (Lipinski definition) is 0. The molecule has 0 N–H and O–H groups in total. The first kappa shape index (κ1) is 31.7. The quantitative estimate of drug-likeness (QED) is 0.157. The molecule has 9 rings (SSSR count). The predicted molar refractivity (Wildman–Crippen MR) is 223 cm³/mol. The van der Waals surface area contributed by atoms with Gasteiger partial charge in [-0.1, -0.05) is 158 Å². The van der Waals surface area contributed by atoms with Crippen LogP contribution in [0.5, 0.6) is 0 Å². The molecular formula is C51H34N2. The molecule has 0 unspecified atom stereocenters. The van der Waals surface area contributed by atoms with Crippen LogP contribution in [-0.4, -0.2) is 0 Å². The molecule has 0 aromatic heterocycles. The highest BCUT2D eigenvalue weighted by atomic mass is 15.1. The molecule has 0 aliphatic heterocycles. The Morgan fingerprint density at radius 3 is 0.962 bits per heavy atom. The molecule has 0 fully saturated rings. The average molecular weight is 675 g/mol. The van der Waals surface area contributed by atoms with Crippen LogP contribution < -0.4 is 4.90 Å². The third-order valence-electron chi connectivity index (χ3n) is 10.1. The summed E-state index contributed by atoms with van der Waals surface area (Å²) in [5.41, 5.74) is 13.2. The van der Waals surface area contributed by atoms with Gasteiger partial charge in [0.25, 0.3) is 0 Å². The van der Waals surface area contributed by atoms with Gasteiger partial charge < -0.3 is 4.90 Å². The summed E-state index contributed by atoms with van der Waals surface area (Å²) < 4.78 is 0. The van der Waals surface area contributed by atoms with Gasteiger partial charge >= 0.3 is 0 Å². The number of rotatable bonds is 7. The van der Waals surface area contributed by atoms with Crippen molar-refractivity contribution in [1.82, 2.24) is 0 Å². The van der Waals surface area contributed by atoms with Crippen molar-refractivity contribution in [2.24, 2.45) is 0 Å². The summed E-state index contributed by atoms with van der Waals surface area (Å²) in [4.78, 5) is 2.33. The molecule has 9 aromatic rings. The molecule has 0 bridgehead atoms. The van der Waals surface area contributed by atoms with Crippen LogP contribution in [0.3, 0.4) is 0 Å². The summed E-state index contributed by atoms with van der Waals surface area (Å²) >= 11 is 0. The van der Waals surface area contributed by atoms with E-state index in [1.165, 1.54) is 54.9 Å². The second-order valence-electron chi connectivity index (χ2n) is 13.2. The fourth-order valence-electron chi connectivity index (χ4n) is 7.54. The largest absolute Gasteiger partial charge is 0.311 e. The Morgan fingerprint density at radius 1 is 0.283 bits per heavy atom. The summed E-state index contributed by atoms with van der Waals surface area (Å²) in [5.74, 6) is 0. The van der Waals surface area contributed by atoms with E-state index in [9.17, 15) is 5.26 Å². The van der Waals surface area contributed by atoms with Gasteiger partial charge in [0.15, 0.2) is 0 Å². The molecular weight excluding hydrogens is 641 g/mol. The second kappa shape index (κ2) is 13.8. The number of nitriles is 1. The Hall–Kier alpha value is -7.21. The Morgan fingerprint density at radius 2 is 0.585 bits per heavy atom. The van der Waals surface area contributed by atoms with Gasteiger partial charge in [-0.2, -0.15) is 5.26 Å². The van der Waals surface area contributed by atoms with Gasteiger partial charge in [0.05, 0.1) is 11.6 Å². The first-order valence-electron chi connectivity index (χ1n) is 17.9. The summed E-state index contributed by atoms with van der Waals surface area (Å²) in [6.07, 6.45) is 0. The number of fused-ring (bicyclic) bond motifs is 3. The van der Waals surface area contributed by atoms with Crippen LogP contribution in [-0.2, 0) is 0 Å². The van der Waals surface area contributed by atoms with E-state index < -0.39 is 0 Å². The van der Waals surface area contributed by atoms with Crippen LogP contribution in [0.15, 0.2) is 206 Å². The average Bonchev–Trinajstić information content (AvgIpc) is 3.25. The van der Waals surface area contributed by atoms with Crippen molar-refractivity contribution in [3.05, 3.63) is 212 Å². The maximum Gasteiger partial charge on any atom is 0.0991 e. The van der Waals surface area contributed by atoms with Crippen LogP contribution >= 0.6 is 0 Å². The van der Waals surface area contributed by atoms with Crippen molar-refractivity contribution < 1.29 is 0 Å². The zero-order chi connectivity index (χ0) is 35.6. The fourth-order valence-corrected chi connectivity index (χ4v) is 7.54. The zero-order valence-electron chi connectivity index (χ0n) is 29.0. The van der Waals surface area contributed by atoms with Crippen molar-refractivity contribution in [1.29, 1.82) is 5.26 Å². The maximum absolute atomic E-state index is 9.56. The summed E-state index contributed by atoms with van der Waals surface area (Å²) in [5, 5.41) is 14.4. The molecule has 0 aliphatic carbocycles. The highest BCUT2D eigenvalue weighted by Crippen LogP contribution is 2.45. The van der Waals surface area contributed by atoms with Gasteiger partial charge in [-0.3, -0.25) is 0 Å². The lowest BCUT2D eigenvalue weighted by molar-refractivity contribution is 1.28. The van der Waals surface area contributed by atoms with Crippen LogP contribution in [0.1, 0.15) is 5.56 Å². The first-order valence-corrected chi connectivity index (χ1v) is 17.9. The van der Waals surface area contributed by atoms with Crippen molar-refractivity contribution in [3.63, 3.8) is 0 Å². The van der Waals surface area contributed by atoms with Gasteiger partial charge in [-0.15, -0.1) is 0 Å². The molecule has 0 saturated carbocycles. The Bertz CT molecular complexity index is 2640. The Labute approximate surface area is 310 Å². The van der Waals surface area contributed by atoms with E-state index in [-0.39, 0.29) is 0 Å². The van der Waals surface area contributed by atoms with E-state index in [0.717, 1.165) is 28.2 Å². The molecule has 0 heterocycles. The standard InChI is InChI=1S/C51H34N2/c52-35-36-19-21-41(22-20-36)50-48-17-9-7-15-46(48)47-16-8-10-18-49(47)51(50)42-27-33-45(34-28-42)53(43-29-23-39(24-30-43)37-11-3-1-4-12-37)44-31-25-40(26-32-44)38-13-5-2-6-14-38/h1-34H. The minimum atomic E-state index is 0.651. The minimum absolute atomic E-state index is 0.651. The minimum Gasteiger partial charge on any atom is -0.311 e. The van der Waals surface area contributed by atoms with Gasteiger partial charge in [0.1, 0.15) is 0 Å². The number of benzene rings is 9. The van der Waals surface area contributed by atoms with Gasteiger partial charge in [0, 0.05) is 17.1 Å². The lowest BCUT2D eigenvalue weighted by Crippen LogP contribution is -2.09. The number of hydrogen-bond acceptors (Lipinski definition) is 2. The van der Waals surface area contributed by atoms with Crippen molar-refractivity contribution >= 4 is 38.6 Å². The van der Waals surface area contributed by atoms with Crippen LogP contribution in [0.4, 0.5) is 17.1 Å². The molecule has 0 amide bonds. The lowest BCUT2D eigenvalue weighted by atomic mass is 9.85. The SMILES string of the molecule is N#Cc1ccc(-c2c(-c3ccc(N(c4ccc(-c5ccccc5)cc4)c4ccc(-c5ccccc5)cc4)cc3)c3ccccc3c3ccccc23)cc1. The molecule has 0 atom stereocenters. The molecule has 0 aliphatic rings. The molecule has 9 aromatic carbocycles. The highest BCUT2D eigenvalue weighted by Gasteiger charge is 2.19. The second-order valence-corrected chi connectivity index (χ2v) is 13.2. The highest BCUT2D eigenvalue weighted by molar-refractivity contribution is 6.21. The van der Waals surface area contributed by atoms with E-state index in [1.54, 1.807) is 0 Å². The lowest BCUT2D eigenvalue weighted by Gasteiger charge is -2.26. The fraction of sp³-hybridized carbons (Fsp3) is 0. The molecule has 2 heteroatoms. The topological polar surface area (TPSA) is 27.0 Å². The Balaban J connectivity index is 1.19. The summed E-state index contributed by atoms with van der Waals surface area (Å²) in [7, 11) is 0. The predicted octanol–water partition coefficient (Wildman–Crippen LogP) is 14.0. The maximum atomic E-state index is 9.56. The summed E-state index contributed by atoms with van der Waals surface area (Å²) in [6, 6.07) is 75.2. The van der Waals surface area contributed by atoms with Gasteiger partial charge in [0.2, 0.25) is 0 Å². The zero-order valence-corrected chi connectivity index (χ0v) is 29.0. The molecule has 0 saturated heterocycles.